The number of benzene rings is 1. The van der Waals surface area contributed by atoms with Crippen LogP contribution in [0.1, 0.15) is 43.7 Å². The largest absolute Gasteiger partial charge is 0.389 e. The van der Waals surface area contributed by atoms with Gasteiger partial charge in [-0.15, -0.1) is 0 Å². The van der Waals surface area contributed by atoms with Crippen LogP contribution in [0.5, 0.6) is 0 Å². The Morgan fingerprint density at radius 2 is 2.00 bits per heavy atom. The normalized spacial score (nSPS) is 17.8. The van der Waals surface area contributed by atoms with E-state index >= 15 is 0 Å². The van der Waals surface area contributed by atoms with Crippen molar-refractivity contribution in [3.63, 3.8) is 0 Å². The number of hydrogen-bond donors (Lipinski definition) is 2. The molecule has 0 aliphatic heterocycles. The highest BCUT2D eigenvalue weighted by atomic mass is 32.2. The van der Waals surface area contributed by atoms with Gasteiger partial charge in [0.1, 0.15) is 4.99 Å². The molecule has 4 nitrogen and oxygen atoms in total. The summed E-state index contributed by atoms with van der Waals surface area (Å²) in [6, 6.07) is 4.82. The van der Waals surface area contributed by atoms with Crippen LogP contribution in [0.15, 0.2) is 23.1 Å². The van der Waals surface area contributed by atoms with Crippen molar-refractivity contribution in [3.8, 4) is 0 Å². The van der Waals surface area contributed by atoms with Gasteiger partial charge in [-0.1, -0.05) is 31.1 Å². The van der Waals surface area contributed by atoms with Gasteiger partial charge in [-0.25, -0.2) is 13.1 Å². The Bertz CT molecular complexity index is 635. The number of aryl methyl sites for hydroxylation is 1. The SMILES string of the molecule is Cc1cc(S(=O)(=O)NC(C)C2CCCC2)ccc1C(N)=S. The van der Waals surface area contributed by atoms with Gasteiger partial charge in [-0.3, -0.25) is 0 Å². The molecule has 0 saturated heterocycles. The molecule has 6 heteroatoms. The summed E-state index contributed by atoms with van der Waals surface area (Å²) in [4.78, 5) is 0.550. The predicted octanol–water partition coefficient (Wildman–Crippen LogP) is 2.49. The van der Waals surface area contributed by atoms with Gasteiger partial charge in [0.05, 0.1) is 4.90 Å². The van der Waals surface area contributed by atoms with Crippen molar-refractivity contribution in [3.05, 3.63) is 29.3 Å². The van der Waals surface area contributed by atoms with Crippen LogP contribution in [-0.4, -0.2) is 19.4 Å². The van der Waals surface area contributed by atoms with E-state index in [2.05, 4.69) is 4.72 Å². The summed E-state index contributed by atoms with van der Waals surface area (Å²) < 4.78 is 27.7. The molecule has 0 heterocycles. The maximum atomic E-state index is 12.5. The van der Waals surface area contributed by atoms with Crippen molar-refractivity contribution < 1.29 is 8.42 Å². The third-order valence-corrected chi connectivity index (χ3v) is 6.00. The molecule has 1 atom stereocenters. The highest BCUT2D eigenvalue weighted by molar-refractivity contribution is 7.89. The van der Waals surface area contributed by atoms with E-state index in [4.69, 9.17) is 18.0 Å². The summed E-state index contributed by atoms with van der Waals surface area (Å²) in [5, 5.41) is 0. The van der Waals surface area contributed by atoms with Gasteiger partial charge in [0.2, 0.25) is 10.0 Å². The average Bonchev–Trinajstić information content (AvgIpc) is 2.91. The van der Waals surface area contributed by atoms with E-state index < -0.39 is 10.0 Å². The van der Waals surface area contributed by atoms with Gasteiger partial charge in [-0.05, 0) is 50.3 Å². The lowest BCUT2D eigenvalue weighted by molar-refractivity contribution is 0.424. The summed E-state index contributed by atoms with van der Waals surface area (Å²) in [5.41, 5.74) is 7.10. The fourth-order valence-corrected chi connectivity index (χ4v) is 4.57. The smallest absolute Gasteiger partial charge is 0.240 e. The van der Waals surface area contributed by atoms with Crippen LogP contribution in [0.2, 0.25) is 0 Å². The number of nitrogens with two attached hydrogens (primary N) is 1. The number of rotatable bonds is 5. The molecule has 116 valence electrons. The number of nitrogens with one attached hydrogen (secondary N) is 1. The average molecular weight is 326 g/mol. The van der Waals surface area contributed by atoms with Crippen molar-refractivity contribution in [2.24, 2.45) is 11.7 Å². The third kappa shape index (κ3) is 3.81. The molecule has 1 aromatic carbocycles. The second kappa shape index (κ2) is 6.42. The fraction of sp³-hybridized carbons (Fsp3) is 0.533. The first kappa shape index (κ1) is 16.4. The van der Waals surface area contributed by atoms with Crippen molar-refractivity contribution in [1.82, 2.24) is 4.72 Å². The van der Waals surface area contributed by atoms with Crippen molar-refractivity contribution in [1.29, 1.82) is 0 Å². The molecule has 0 spiro atoms. The first-order valence-corrected chi connectivity index (χ1v) is 9.13. The van der Waals surface area contributed by atoms with Crippen LogP contribution in [-0.2, 0) is 10.0 Å². The second-order valence-electron chi connectivity index (χ2n) is 5.80. The van der Waals surface area contributed by atoms with Gasteiger partial charge >= 0.3 is 0 Å². The fourth-order valence-electron chi connectivity index (χ4n) is 2.95. The molecular formula is C15H22N2O2S2. The molecule has 0 amide bonds. The Morgan fingerprint density at radius 3 is 2.52 bits per heavy atom. The zero-order chi connectivity index (χ0) is 15.6. The molecule has 1 aliphatic carbocycles. The molecule has 0 aromatic heterocycles. The van der Waals surface area contributed by atoms with Gasteiger partial charge in [-0.2, -0.15) is 0 Å². The molecule has 21 heavy (non-hydrogen) atoms. The van der Waals surface area contributed by atoms with E-state index in [1.165, 1.54) is 12.8 Å². The van der Waals surface area contributed by atoms with E-state index in [0.717, 1.165) is 18.4 Å². The van der Waals surface area contributed by atoms with Crippen LogP contribution in [0.25, 0.3) is 0 Å². The van der Waals surface area contributed by atoms with Gasteiger partial charge in [0.15, 0.2) is 0 Å². The van der Waals surface area contributed by atoms with E-state index in [1.54, 1.807) is 18.2 Å². The van der Waals surface area contributed by atoms with Crippen LogP contribution < -0.4 is 10.5 Å². The Balaban J connectivity index is 2.19. The maximum absolute atomic E-state index is 12.5. The van der Waals surface area contributed by atoms with Gasteiger partial charge < -0.3 is 5.73 Å². The summed E-state index contributed by atoms with van der Waals surface area (Å²) >= 11 is 4.94. The molecule has 1 unspecified atom stereocenters. The lowest BCUT2D eigenvalue weighted by Gasteiger charge is -2.20. The standard InChI is InChI=1S/C15H22N2O2S2/c1-10-9-13(7-8-14(10)15(16)20)21(18,19)17-11(2)12-5-3-4-6-12/h7-9,11-12,17H,3-6H2,1-2H3,(H2,16,20). The number of hydrogen-bond acceptors (Lipinski definition) is 3. The van der Waals surface area contributed by atoms with E-state index in [9.17, 15) is 8.42 Å². The van der Waals surface area contributed by atoms with Gasteiger partial charge in [0, 0.05) is 11.6 Å². The van der Waals surface area contributed by atoms with E-state index in [1.807, 2.05) is 13.8 Å². The molecular weight excluding hydrogens is 304 g/mol. The van der Waals surface area contributed by atoms with E-state index in [-0.39, 0.29) is 15.9 Å². The van der Waals surface area contributed by atoms with Crippen LogP contribution >= 0.6 is 12.2 Å². The minimum Gasteiger partial charge on any atom is -0.389 e. The van der Waals surface area contributed by atoms with Crippen molar-refractivity contribution in [2.75, 3.05) is 0 Å². The van der Waals surface area contributed by atoms with E-state index in [0.29, 0.717) is 11.5 Å². The minimum absolute atomic E-state index is 0.0342. The molecule has 0 bridgehead atoms. The van der Waals surface area contributed by atoms with Crippen LogP contribution in [0.4, 0.5) is 0 Å². The molecule has 1 fully saturated rings. The Morgan fingerprint density at radius 1 is 1.38 bits per heavy atom. The lowest BCUT2D eigenvalue weighted by Crippen LogP contribution is -2.37. The molecule has 3 N–H and O–H groups in total. The lowest BCUT2D eigenvalue weighted by atomic mass is 10.0. The first-order valence-electron chi connectivity index (χ1n) is 7.24. The number of thiocarbonyl (C=S) groups is 1. The van der Waals surface area contributed by atoms with Crippen molar-refractivity contribution >= 4 is 27.2 Å². The topological polar surface area (TPSA) is 72.2 Å². The highest BCUT2D eigenvalue weighted by Crippen LogP contribution is 2.28. The number of sulfonamides is 1. The molecule has 0 radical (unpaired) electrons. The monoisotopic (exact) mass is 326 g/mol. The Labute approximate surface area is 132 Å². The quantitative estimate of drug-likeness (QED) is 0.816. The third-order valence-electron chi connectivity index (χ3n) is 4.22. The minimum atomic E-state index is -3.50. The summed E-state index contributed by atoms with van der Waals surface area (Å²) in [5.74, 6) is 0.441. The van der Waals surface area contributed by atoms with Crippen LogP contribution in [0, 0.1) is 12.8 Å². The zero-order valence-corrected chi connectivity index (χ0v) is 14.1. The van der Waals surface area contributed by atoms with Crippen molar-refractivity contribution in [2.45, 2.75) is 50.5 Å². The Hall–Kier alpha value is -0.980. The second-order valence-corrected chi connectivity index (χ2v) is 7.95. The Kier molecular flexibility index (Phi) is 5.01. The summed E-state index contributed by atoms with van der Waals surface area (Å²) in [6.07, 6.45) is 4.59. The highest BCUT2D eigenvalue weighted by Gasteiger charge is 2.26. The first-order chi connectivity index (χ1) is 9.81. The summed E-state index contributed by atoms with van der Waals surface area (Å²) in [7, 11) is -3.50. The molecule has 1 aromatic rings. The predicted molar refractivity (Wildman–Crippen MR) is 88.8 cm³/mol. The molecule has 1 aliphatic rings. The molecule has 1 saturated carbocycles. The zero-order valence-electron chi connectivity index (χ0n) is 12.4. The maximum Gasteiger partial charge on any atom is 0.240 e. The van der Waals surface area contributed by atoms with Crippen LogP contribution in [0.3, 0.4) is 0 Å². The van der Waals surface area contributed by atoms with Gasteiger partial charge in [0.25, 0.3) is 0 Å². The molecule has 2 rings (SSSR count). The summed E-state index contributed by atoms with van der Waals surface area (Å²) in [6.45, 7) is 3.76.